The highest BCUT2D eigenvalue weighted by molar-refractivity contribution is 7.13. The van der Waals surface area contributed by atoms with E-state index in [1.54, 1.807) is 4.90 Å². The zero-order chi connectivity index (χ0) is 20.6. The summed E-state index contributed by atoms with van der Waals surface area (Å²) in [6.45, 7) is 4.24. The summed E-state index contributed by atoms with van der Waals surface area (Å²) in [5, 5.41) is 12.0. The summed E-state index contributed by atoms with van der Waals surface area (Å²) in [7, 11) is 0. The first-order valence-corrected chi connectivity index (χ1v) is 10.7. The molecule has 0 aliphatic carbocycles. The first-order valence-electron chi connectivity index (χ1n) is 9.89. The van der Waals surface area contributed by atoms with Gasteiger partial charge in [0, 0.05) is 36.2 Å². The minimum absolute atomic E-state index is 0.00277. The van der Waals surface area contributed by atoms with E-state index in [1.165, 1.54) is 11.3 Å². The number of amides is 2. The number of anilines is 1. The Bertz CT molecular complexity index is 866. The number of carbonyl (C=O) groups excluding carboxylic acids is 2. The fourth-order valence-electron chi connectivity index (χ4n) is 3.49. The van der Waals surface area contributed by atoms with Crippen LogP contribution in [0, 0.1) is 18.3 Å². The number of aryl methyl sites for hydroxylation is 1. The molecule has 0 bridgehead atoms. The molecule has 1 aliphatic heterocycles. The van der Waals surface area contributed by atoms with Crippen LogP contribution >= 0.6 is 11.3 Å². The lowest BCUT2D eigenvalue weighted by Crippen LogP contribution is -2.48. The molecule has 152 valence electrons. The van der Waals surface area contributed by atoms with Gasteiger partial charge in [-0.1, -0.05) is 18.2 Å². The number of thiophene rings is 1. The maximum absolute atomic E-state index is 12.9. The van der Waals surface area contributed by atoms with Crippen LogP contribution in [0.1, 0.15) is 33.8 Å². The standard InChI is InChI=1S/C22H26N4O2S/c1-17-8-9-20(29-17)22(28)24-18-10-14-25(15-11-18)16-21(27)26(13-5-12-23)19-6-3-2-4-7-19/h2-4,6-9,18H,5,10-11,13-16H2,1H3,(H,24,28). The molecule has 29 heavy (non-hydrogen) atoms. The third kappa shape index (κ3) is 5.89. The number of carbonyl (C=O) groups is 2. The molecule has 0 atom stereocenters. The smallest absolute Gasteiger partial charge is 0.261 e. The molecule has 6 nitrogen and oxygen atoms in total. The Balaban J connectivity index is 1.50. The average Bonchev–Trinajstić information content (AvgIpc) is 3.17. The van der Waals surface area contributed by atoms with Crippen LogP contribution in [-0.4, -0.2) is 48.9 Å². The van der Waals surface area contributed by atoms with E-state index in [9.17, 15) is 9.59 Å². The van der Waals surface area contributed by atoms with Crippen molar-refractivity contribution < 1.29 is 9.59 Å². The molecule has 0 radical (unpaired) electrons. The van der Waals surface area contributed by atoms with E-state index in [2.05, 4.69) is 16.3 Å². The number of benzene rings is 1. The highest BCUT2D eigenvalue weighted by atomic mass is 32.1. The third-order valence-electron chi connectivity index (χ3n) is 5.06. The van der Waals surface area contributed by atoms with Crippen LogP contribution in [0.5, 0.6) is 0 Å². The first kappa shape index (κ1) is 21.0. The van der Waals surface area contributed by atoms with E-state index < -0.39 is 0 Å². The first-order chi connectivity index (χ1) is 14.1. The lowest BCUT2D eigenvalue weighted by atomic mass is 10.0. The van der Waals surface area contributed by atoms with Crippen molar-refractivity contribution in [1.29, 1.82) is 5.26 Å². The summed E-state index contributed by atoms with van der Waals surface area (Å²) in [5.74, 6) is -0.00706. The maximum atomic E-state index is 12.9. The van der Waals surface area contributed by atoms with E-state index in [4.69, 9.17) is 5.26 Å². The molecule has 1 aliphatic rings. The fourth-order valence-corrected chi connectivity index (χ4v) is 4.26. The van der Waals surface area contributed by atoms with Gasteiger partial charge in [0.05, 0.1) is 23.9 Å². The Morgan fingerprint density at radius 1 is 1.21 bits per heavy atom. The second-order valence-corrected chi connectivity index (χ2v) is 8.51. The minimum atomic E-state index is -0.00983. The SMILES string of the molecule is Cc1ccc(C(=O)NC2CCN(CC(=O)N(CCC#N)c3ccccc3)CC2)s1. The average molecular weight is 411 g/mol. The molecule has 2 heterocycles. The summed E-state index contributed by atoms with van der Waals surface area (Å²) in [5.41, 5.74) is 0.821. The number of likely N-dealkylation sites (tertiary alicyclic amines) is 1. The lowest BCUT2D eigenvalue weighted by molar-refractivity contribution is -0.120. The van der Waals surface area contributed by atoms with Crippen LogP contribution in [0.2, 0.25) is 0 Å². The number of rotatable bonds is 7. The van der Waals surface area contributed by atoms with Crippen LogP contribution < -0.4 is 10.2 Å². The molecule has 0 unspecified atom stereocenters. The molecule has 1 N–H and O–H groups in total. The normalized spacial score (nSPS) is 14.9. The fraction of sp³-hybridized carbons (Fsp3) is 0.409. The zero-order valence-corrected chi connectivity index (χ0v) is 17.5. The van der Waals surface area contributed by atoms with E-state index in [0.717, 1.165) is 41.4 Å². The number of nitriles is 1. The predicted molar refractivity (Wildman–Crippen MR) is 115 cm³/mol. The second-order valence-electron chi connectivity index (χ2n) is 7.22. The molecule has 3 rings (SSSR count). The summed E-state index contributed by atoms with van der Waals surface area (Å²) >= 11 is 1.51. The molecule has 1 aromatic carbocycles. The molecular weight excluding hydrogens is 384 g/mol. The number of nitrogens with one attached hydrogen (secondary N) is 1. The summed E-state index contributed by atoms with van der Waals surface area (Å²) in [4.78, 5) is 30.9. The van der Waals surface area contributed by atoms with Gasteiger partial charge in [0.25, 0.3) is 5.91 Å². The quantitative estimate of drug-likeness (QED) is 0.761. The van der Waals surface area contributed by atoms with Gasteiger partial charge in [-0.05, 0) is 44.0 Å². The van der Waals surface area contributed by atoms with Gasteiger partial charge in [0.2, 0.25) is 5.91 Å². The van der Waals surface area contributed by atoms with Crippen LogP contribution in [-0.2, 0) is 4.79 Å². The minimum Gasteiger partial charge on any atom is -0.349 e. The topological polar surface area (TPSA) is 76.4 Å². The monoisotopic (exact) mass is 410 g/mol. The zero-order valence-electron chi connectivity index (χ0n) is 16.6. The van der Waals surface area contributed by atoms with Crippen molar-refractivity contribution in [2.24, 2.45) is 0 Å². The van der Waals surface area contributed by atoms with E-state index in [-0.39, 0.29) is 17.9 Å². The van der Waals surface area contributed by atoms with E-state index in [1.807, 2.05) is 49.4 Å². The highest BCUT2D eigenvalue weighted by Gasteiger charge is 2.25. The molecule has 1 saturated heterocycles. The van der Waals surface area contributed by atoms with Gasteiger partial charge in [-0.25, -0.2) is 0 Å². The Kier molecular flexibility index (Phi) is 7.39. The number of hydrogen-bond acceptors (Lipinski definition) is 5. The highest BCUT2D eigenvalue weighted by Crippen LogP contribution is 2.18. The van der Waals surface area contributed by atoms with Crippen molar-refractivity contribution in [3.63, 3.8) is 0 Å². The molecule has 0 saturated carbocycles. The van der Waals surface area contributed by atoms with Crippen molar-refractivity contribution in [2.75, 3.05) is 31.1 Å². The third-order valence-corrected chi connectivity index (χ3v) is 6.06. The Morgan fingerprint density at radius 2 is 1.93 bits per heavy atom. The van der Waals surface area contributed by atoms with Gasteiger partial charge in [-0.2, -0.15) is 5.26 Å². The van der Waals surface area contributed by atoms with Gasteiger partial charge in [-0.3, -0.25) is 14.5 Å². The molecular formula is C22H26N4O2S. The van der Waals surface area contributed by atoms with Gasteiger partial charge >= 0.3 is 0 Å². The molecule has 2 aromatic rings. The number of hydrogen-bond donors (Lipinski definition) is 1. The summed E-state index contributed by atoms with van der Waals surface area (Å²) in [6.07, 6.45) is 1.96. The second kappa shape index (κ2) is 10.2. The molecule has 1 fully saturated rings. The molecule has 2 amide bonds. The Morgan fingerprint density at radius 3 is 2.55 bits per heavy atom. The van der Waals surface area contributed by atoms with Crippen molar-refractivity contribution in [1.82, 2.24) is 10.2 Å². The van der Waals surface area contributed by atoms with Crippen molar-refractivity contribution >= 4 is 28.8 Å². The predicted octanol–water partition coefficient (Wildman–Crippen LogP) is 3.20. The Labute approximate surface area is 175 Å². The van der Waals surface area contributed by atoms with Gasteiger partial charge < -0.3 is 10.2 Å². The van der Waals surface area contributed by atoms with Crippen LogP contribution in [0.4, 0.5) is 5.69 Å². The number of para-hydroxylation sites is 1. The summed E-state index contributed by atoms with van der Waals surface area (Å²) in [6, 6.07) is 15.6. The number of nitrogens with zero attached hydrogens (tertiary/aromatic N) is 3. The molecule has 7 heteroatoms. The molecule has 0 spiro atoms. The largest absolute Gasteiger partial charge is 0.349 e. The van der Waals surface area contributed by atoms with Crippen molar-refractivity contribution in [3.8, 4) is 6.07 Å². The number of piperidine rings is 1. The van der Waals surface area contributed by atoms with E-state index >= 15 is 0 Å². The van der Waals surface area contributed by atoms with Crippen LogP contribution in [0.3, 0.4) is 0 Å². The van der Waals surface area contributed by atoms with Crippen LogP contribution in [0.25, 0.3) is 0 Å². The van der Waals surface area contributed by atoms with Gasteiger partial charge in [0.1, 0.15) is 0 Å². The van der Waals surface area contributed by atoms with Crippen LogP contribution in [0.15, 0.2) is 42.5 Å². The van der Waals surface area contributed by atoms with Gasteiger partial charge in [-0.15, -0.1) is 11.3 Å². The van der Waals surface area contributed by atoms with Gasteiger partial charge in [0.15, 0.2) is 0 Å². The summed E-state index contributed by atoms with van der Waals surface area (Å²) < 4.78 is 0. The lowest BCUT2D eigenvalue weighted by Gasteiger charge is -2.33. The van der Waals surface area contributed by atoms with E-state index in [0.29, 0.717) is 19.5 Å². The van der Waals surface area contributed by atoms with Crippen molar-refractivity contribution in [3.05, 3.63) is 52.2 Å². The molecule has 1 aromatic heterocycles. The van der Waals surface area contributed by atoms with Crippen molar-refractivity contribution in [2.45, 2.75) is 32.2 Å². The maximum Gasteiger partial charge on any atom is 0.261 e. The Hall–Kier alpha value is -2.69.